The molecule has 4 aliphatic rings. The predicted molar refractivity (Wildman–Crippen MR) is 69.7 cm³/mol. The Morgan fingerprint density at radius 3 is 2.55 bits per heavy atom. The molecule has 0 aromatic carbocycles. The Hall–Kier alpha value is -1.59. The molecule has 4 rings (SSSR count). The van der Waals surface area contributed by atoms with Gasteiger partial charge in [0.2, 0.25) is 5.91 Å². The number of amides is 4. The van der Waals surface area contributed by atoms with Crippen molar-refractivity contribution in [2.24, 2.45) is 5.92 Å². The molecule has 0 radical (unpaired) electrons. The Balaban J connectivity index is 1.53. The second-order valence-corrected chi connectivity index (χ2v) is 6.53. The first-order chi connectivity index (χ1) is 9.58. The topological polar surface area (TPSA) is 60.9 Å². The van der Waals surface area contributed by atoms with Gasteiger partial charge in [0.15, 0.2) is 0 Å². The van der Waals surface area contributed by atoms with Crippen LogP contribution in [0.5, 0.6) is 0 Å². The van der Waals surface area contributed by atoms with Gasteiger partial charge < -0.3 is 9.80 Å². The summed E-state index contributed by atoms with van der Waals surface area (Å²) in [7, 11) is 0. The van der Waals surface area contributed by atoms with Crippen molar-refractivity contribution in [3.8, 4) is 0 Å². The minimum absolute atomic E-state index is 0.0870. The molecule has 4 amide bonds. The molecule has 1 saturated carbocycles. The standard InChI is InChI=1S/C14H19N3O3/c1-8-5-11(8)16-7-9(6-12(16)18)17-13(19)10-3-2-4-15(10)14(17)20/h8-11H,2-7H2,1H3. The second kappa shape index (κ2) is 3.96. The molecule has 4 atom stereocenters. The van der Waals surface area contributed by atoms with Crippen LogP contribution in [0.2, 0.25) is 0 Å². The van der Waals surface area contributed by atoms with Gasteiger partial charge in [-0.25, -0.2) is 4.79 Å². The third-order valence-electron chi connectivity index (χ3n) is 5.20. The highest BCUT2D eigenvalue weighted by Crippen LogP contribution is 2.39. The molecule has 108 valence electrons. The van der Waals surface area contributed by atoms with Gasteiger partial charge in [0.1, 0.15) is 6.04 Å². The fourth-order valence-electron chi connectivity index (χ4n) is 3.92. The van der Waals surface area contributed by atoms with Gasteiger partial charge in [-0.15, -0.1) is 0 Å². The molecular weight excluding hydrogens is 258 g/mol. The van der Waals surface area contributed by atoms with Crippen molar-refractivity contribution < 1.29 is 14.4 Å². The highest BCUT2D eigenvalue weighted by molar-refractivity contribution is 6.05. The molecule has 1 aliphatic carbocycles. The molecule has 0 bridgehead atoms. The average Bonchev–Trinajstić information content (AvgIpc) is 2.81. The lowest BCUT2D eigenvalue weighted by Gasteiger charge is -2.22. The number of fused-ring (bicyclic) bond motifs is 1. The quantitative estimate of drug-likeness (QED) is 0.687. The number of imide groups is 1. The van der Waals surface area contributed by atoms with Gasteiger partial charge in [0.05, 0.1) is 6.04 Å². The number of nitrogens with zero attached hydrogens (tertiary/aromatic N) is 3. The van der Waals surface area contributed by atoms with Crippen molar-refractivity contribution in [3.63, 3.8) is 0 Å². The molecule has 0 aromatic rings. The zero-order valence-electron chi connectivity index (χ0n) is 11.6. The molecule has 3 saturated heterocycles. The number of likely N-dealkylation sites (tertiary alicyclic amines) is 1. The maximum absolute atomic E-state index is 12.4. The van der Waals surface area contributed by atoms with E-state index in [-0.39, 0.29) is 29.9 Å². The normalized spacial score (nSPS) is 40.0. The number of carbonyl (C=O) groups excluding carboxylic acids is 3. The summed E-state index contributed by atoms with van der Waals surface area (Å²) in [5.41, 5.74) is 0. The molecule has 0 N–H and O–H groups in total. The van der Waals surface area contributed by atoms with Crippen molar-refractivity contribution in [2.75, 3.05) is 13.1 Å². The number of hydrogen-bond donors (Lipinski definition) is 0. The van der Waals surface area contributed by atoms with E-state index in [1.807, 2.05) is 4.90 Å². The highest BCUT2D eigenvalue weighted by Gasteiger charge is 2.53. The smallest absolute Gasteiger partial charge is 0.327 e. The largest absolute Gasteiger partial charge is 0.337 e. The van der Waals surface area contributed by atoms with Gasteiger partial charge >= 0.3 is 6.03 Å². The van der Waals surface area contributed by atoms with Crippen LogP contribution in [-0.4, -0.2) is 63.8 Å². The summed E-state index contributed by atoms with van der Waals surface area (Å²) in [5.74, 6) is 0.568. The van der Waals surface area contributed by atoms with E-state index >= 15 is 0 Å². The van der Waals surface area contributed by atoms with Crippen molar-refractivity contribution in [1.82, 2.24) is 14.7 Å². The Bertz CT molecular complexity index is 484. The van der Waals surface area contributed by atoms with Crippen LogP contribution in [0.1, 0.15) is 32.6 Å². The van der Waals surface area contributed by atoms with Crippen LogP contribution < -0.4 is 0 Å². The monoisotopic (exact) mass is 277 g/mol. The molecular formula is C14H19N3O3. The molecule has 0 aromatic heterocycles. The summed E-state index contributed by atoms with van der Waals surface area (Å²) in [5, 5.41) is 0. The van der Waals surface area contributed by atoms with E-state index in [2.05, 4.69) is 6.92 Å². The van der Waals surface area contributed by atoms with Gasteiger partial charge in [0, 0.05) is 25.6 Å². The van der Waals surface area contributed by atoms with E-state index in [1.165, 1.54) is 4.90 Å². The van der Waals surface area contributed by atoms with E-state index < -0.39 is 0 Å². The Kier molecular flexibility index (Phi) is 2.41. The third kappa shape index (κ3) is 1.53. The number of urea groups is 1. The van der Waals surface area contributed by atoms with Crippen molar-refractivity contribution >= 4 is 17.8 Å². The maximum Gasteiger partial charge on any atom is 0.327 e. The van der Waals surface area contributed by atoms with Gasteiger partial charge in [-0.05, 0) is 25.2 Å². The third-order valence-corrected chi connectivity index (χ3v) is 5.20. The lowest BCUT2D eigenvalue weighted by molar-refractivity contribution is -0.129. The highest BCUT2D eigenvalue weighted by atomic mass is 16.2. The summed E-state index contributed by atoms with van der Waals surface area (Å²) in [6.07, 6.45) is 3.03. The Labute approximate surface area is 117 Å². The predicted octanol–water partition coefficient (Wildman–Crippen LogP) is 0.422. The van der Waals surface area contributed by atoms with E-state index in [1.54, 1.807) is 4.90 Å². The van der Waals surface area contributed by atoms with Crippen LogP contribution in [0.25, 0.3) is 0 Å². The molecule has 4 fully saturated rings. The molecule has 6 heteroatoms. The summed E-state index contributed by atoms with van der Waals surface area (Å²) in [6, 6.07) is -0.353. The van der Waals surface area contributed by atoms with E-state index in [0.717, 1.165) is 19.3 Å². The lowest BCUT2D eigenvalue weighted by atomic mass is 10.2. The van der Waals surface area contributed by atoms with Gasteiger partial charge in [-0.2, -0.15) is 0 Å². The van der Waals surface area contributed by atoms with Gasteiger partial charge in [0.25, 0.3) is 5.91 Å². The van der Waals surface area contributed by atoms with Crippen LogP contribution in [0, 0.1) is 5.92 Å². The lowest BCUT2D eigenvalue weighted by Crippen LogP contribution is -2.43. The Morgan fingerprint density at radius 1 is 1.15 bits per heavy atom. The first kappa shape index (κ1) is 12.2. The number of hydrogen-bond acceptors (Lipinski definition) is 3. The number of rotatable bonds is 2. The van der Waals surface area contributed by atoms with Crippen molar-refractivity contribution in [2.45, 2.75) is 50.7 Å². The van der Waals surface area contributed by atoms with E-state index in [9.17, 15) is 14.4 Å². The van der Waals surface area contributed by atoms with Crippen molar-refractivity contribution in [3.05, 3.63) is 0 Å². The van der Waals surface area contributed by atoms with E-state index in [4.69, 9.17) is 0 Å². The molecule has 4 unspecified atom stereocenters. The van der Waals surface area contributed by atoms with Crippen LogP contribution >= 0.6 is 0 Å². The summed E-state index contributed by atoms with van der Waals surface area (Å²) < 4.78 is 0. The number of carbonyl (C=O) groups is 3. The molecule has 3 heterocycles. The van der Waals surface area contributed by atoms with Gasteiger partial charge in [-0.1, -0.05) is 6.92 Å². The summed E-state index contributed by atoms with van der Waals surface area (Å²) >= 11 is 0. The van der Waals surface area contributed by atoms with Crippen LogP contribution in [0.4, 0.5) is 4.79 Å². The van der Waals surface area contributed by atoms with Crippen LogP contribution in [0.15, 0.2) is 0 Å². The molecule has 20 heavy (non-hydrogen) atoms. The maximum atomic E-state index is 12.4. The second-order valence-electron chi connectivity index (χ2n) is 6.53. The van der Waals surface area contributed by atoms with E-state index in [0.29, 0.717) is 31.5 Å². The summed E-state index contributed by atoms with van der Waals surface area (Å²) in [4.78, 5) is 41.7. The fourth-order valence-corrected chi connectivity index (χ4v) is 3.92. The summed E-state index contributed by atoms with van der Waals surface area (Å²) in [6.45, 7) is 3.34. The first-order valence-electron chi connectivity index (χ1n) is 7.51. The SMILES string of the molecule is CC1CC1N1CC(N2C(=O)C3CCCN3C2=O)CC1=O. The minimum Gasteiger partial charge on any atom is -0.337 e. The van der Waals surface area contributed by atoms with Crippen molar-refractivity contribution in [1.29, 1.82) is 0 Å². The average molecular weight is 277 g/mol. The van der Waals surface area contributed by atoms with Gasteiger partial charge in [-0.3, -0.25) is 14.5 Å². The molecule has 6 nitrogen and oxygen atoms in total. The fraction of sp³-hybridized carbons (Fsp3) is 0.786. The zero-order chi connectivity index (χ0) is 14.0. The van der Waals surface area contributed by atoms with Crippen LogP contribution in [-0.2, 0) is 9.59 Å². The molecule has 0 spiro atoms. The van der Waals surface area contributed by atoms with Crippen LogP contribution in [0.3, 0.4) is 0 Å². The molecule has 3 aliphatic heterocycles. The Morgan fingerprint density at radius 2 is 1.90 bits per heavy atom. The minimum atomic E-state index is -0.258. The first-order valence-corrected chi connectivity index (χ1v) is 7.51. The zero-order valence-corrected chi connectivity index (χ0v) is 11.6.